The smallest absolute Gasteiger partial charge is 0.336 e. The van der Waals surface area contributed by atoms with Gasteiger partial charge in [0.05, 0.1) is 5.02 Å². The molecule has 0 amide bonds. The minimum absolute atomic E-state index is 0.0616. The normalized spacial score (nSPS) is 14.6. The molecule has 1 rings (SSSR count). The number of hydrogen-bond donors (Lipinski definition) is 2. The number of carbonyl (C=O) groups is 1. The van der Waals surface area contributed by atoms with Crippen molar-refractivity contribution in [1.29, 1.82) is 0 Å². The van der Waals surface area contributed by atoms with Gasteiger partial charge in [-0.3, -0.25) is 0 Å². The molecule has 82 valence electrons. The van der Waals surface area contributed by atoms with Gasteiger partial charge in [-0.1, -0.05) is 23.7 Å². The Morgan fingerprint density at radius 2 is 2.13 bits per heavy atom. The summed E-state index contributed by atoms with van der Waals surface area (Å²) in [5.74, 6) is -1.17. The molecule has 1 unspecified atom stereocenters. The van der Waals surface area contributed by atoms with E-state index in [0.29, 0.717) is 5.02 Å². The molecule has 0 spiro atoms. The predicted molar refractivity (Wildman–Crippen MR) is 60.4 cm³/mol. The molecule has 1 atom stereocenters. The third-order valence-electron chi connectivity index (χ3n) is 1.81. The standard InChI is InChI=1S/C10H11ClO3S/c1-10(14,9(12)13)6-15-8-5-3-2-4-7(8)11/h2-5,14H,6H2,1H3,(H,12,13). The fraction of sp³-hybridized carbons (Fsp3) is 0.300. The Bertz CT molecular complexity index is 365. The van der Waals surface area contributed by atoms with E-state index in [0.717, 1.165) is 4.90 Å². The molecule has 0 radical (unpaired) electrons. The Labute approximate surface area is 97.1 Å². The highest BCUT2D eigenvalue weighted by molar-refractivity contribution is 7.99. The number of thioether (sulfide) groups is 1. The van der Waals surface area contributed by atoms with Crippen LogP contribution in [0, 0.1) is 0 Å². The Hall–Kier alpha value is -0.710. The second-order valence-corrected chi connectivity index (χ2v) is 4.72. The summed E-state index contributed by atoms with van der Waals surface area (Å²) in [6.45, 7) is 1.26. The van der Waals surface area contributed by atoms with Crippen LogP contribution < -0.4 is 0 Å². The number of aliphatic hydroxyl groups is 1. The highest BCUT2D eigenvalue weighted by atomic mass is 35.5. The predicted octanol–water partition coefficient (Wildman–Crippen LogP) is 2.27. The maximum atomic E-state index is 10.6. The number of rotatable bonds is 4. The van der Waals surface area contributed by atoms with Crippen LogP contribution in [-0.4, -0.2) is 27.5 Å². The fourth-order valence-electron chi connectivity index (χ4n) is 0.842. The quantitative estimate of drug-likeness (QED) is 0.801. The van der Waals surface area contributed by atoms with Crippen molar-refractivity contribution in [2.24, 2.45) is 0 Å². The third kappa shape index (κ3) is 3.41. The van der Waals surface area contributed by atoms with E-state index >= 15 is 0 Å². The molecule has 0 aliphatic heterocycles. The van der Waals surface area contributed by atoms with Gasteiger partial charge in [0.1, 0.15) is 0 Å². The topological polar surface area (TPSA) is 57.5 Å². The molecule has 2 N–H and O–H groups in total. The monoisotopic (exact) mass is 246 g/mol. The molecular formula is C10H11ClO3S. The van der Waals surface area contributed by atoms with Crippen molar-refractivity contribution in [3.05, 3.63) is 29.3 Å². The molecule has 0 aliphatic rings. The molecule has 0 bridgehead atoms. The maximum Gasteiger partial charge on any atom is 0.336 e. The lowest BCUT2D eigenvalue weighted by molar-refractivity contribution is -0.154. The average Bonchev–Trinajstić information content (AvgIpc) is 2.16. The molecule has 0 aliphatic carbocycles. The lowest BCUT2D eigenvalue weighted by atomic mass is 10.1. The van der Waals surface area contributed by atoms with Gasteiger partial charge in [-0.05, 0) is 19.1 Å². The van der Waals surface area contributed by atoms with Gasteiger partial charge >= 0.3 is 5.97 Å². The summed E-state index contributed by atoms with van der Waals surface area (Å²) in [6.07, 6.45) is 0. The zero-order valence-electron chi connectivity index (χ0n) is 8.11. The summed E-state index contributed by atoms with van der Waals surface area (Å²) in [7, 11) is 0. The van der Waals surface area contributed by atoms with Crippen LogP contribution in [0.5, 0.6) is 0 Å². The SMILES string of the molecule is CC(O)(CSc1ccccc1Cl)C(=O)O. The van der Waals surface area contributed by atoms with Crippen molar-refractivity contribution in [3.63, 3.8) is 0 Å². The van der Waals surface area contributed by atoms with E-state index in [9.17, 15) is 9.90 Å². The van der Waals surface area contributed by atoms with Gasteiger partial charge in [0, 0.05) is 10.6 Å². The molecule has 15 heavy (non-hydrogen) atoms. The van der Waals surface area contributed by atoms with Gasteiger partial charge in [0.25, 0.3) is 0 Å². The van der Waals surface area contributed by atoms with Gasteiger partial charge in [0.15, 0.2) is 5.60 Å². The molecule has 0 saturated carbocycles. The largest absolute Gasteiger partial charge is 0.479 e. The molecule has 0 fully saturated rings. The van der Waals surface area contributed by atoms with Gasteiger partial charge in [-0.15, -0.1) is 11.8 Å². The van der Waals surface area contributed by atoms with Crippen LogP contribution in [0.3, 0.4) is 0 Å². The van der Waals surface area contributed by atoms with Gasteiger partial charge in [-0.25, -0.2) is 4.79 Å². The Morgan fingerprint density at radius 3 is 2.67 bits per heavy atom. The second-order valence-electron chi connectivity index (χ2n) is 3.30. The van der Waals surface area contributed by atoms with Crippen LogP contribution in [-0.2, 0) is 4.79 Å². The highest BCUT2D eigenvalue weighted by Gasteiger charge is 2.29. The summed E-state index contributed by atoms with van der Waals surface area (Å²) >= 11 is 7.10. The van der Waals surface area contributed by atoms with Crippen molar-refractivity contribution in [3.8, 4) is 0 Å². The number of carboxylic acid groups (broad SMARTS) is 1. The molecular weight excluding hydrogens is 236 g/mol. The number of hydrogen-bond acceptors (Lipinski definition) is 3. The van der Waals surface area contributed by atoms with Gasteiger partial charge in [0.2, 0.25) is 0 Å². The Kier molecular flexibility index (Phi) is 4.02. The summed E-state index contributed by atoms with van der Waals surface area (Å²) in [5.41, 5.74) is -1.73. The lowest BCUT2D eigenvalue weighted by Gasteiger charge is -2.17. The minimum atomic E-state index is -1.73. The van der Waals surface area contributed by atoms with E-state index in [-0.39, 0.29) is 5.75 Å². The molecule has 3 nitrogen and oxygen atoms in total. The summed E-state index contributed by atoms with van der Waals surface area (Å²) in [4.78, 5) is 11.4. The van der Waals surface area contributed by atoms with E-state index in [1.54, 1.807) is 18.2 Å². The van der Waals surface area contributed by atoms with Crippen molar-refractivity contribution < 1.29 is 15.0 Å². The van der Waals surface area contributed by atoms with Gasteiger partial charge < -0.3 is 10.2 Å². The van der Waals surface area contributed by atoms with Crippen LogP contribution in [0.1, 0.15) is 6.92 Å². The van der Waals surface area contributed by atoms with E-state index in [1.165, 1.54) is 18.7 Å². The number of carboxylic acids is 1. The third-order valence-corrected chi connectivity index (χ3v) is 3.62. The van der Waals surface area contributed by atoms with E-state index in [1.807, 2.05) is 6.07 Å². The van der Waals surface area contributed by atoms with Crippen LogP contribution in [0.25, 0.3) is 0 Å². The molecule has 1 aromatic carbocycles. The van der Waals surface area contributed by atoms with E-state index in [2.05, 4.69) is 0 Å². The first-order chi connectivity index (χ1) is 6.93. The Morgan fingerprint density at radius 1 is 1.53 bits per heavy atom. The molecule has 1 aromatic rings. The van der Waals surface area contributed by atoms with Crippen LogP contribution in [0.4, 0.5) is 0 Å². The first kappa shape index (κ1) is 12.4. The van der Waals surface area contributed by atoms with Crippen LogP contribution in [0.15, 0.2) is 29.2 Å². The number of aliphatic carboxylic acids is 1. The zero-order chi connectivity index (χ0) is 11.5. The first-order valence-corrected chi connectivity index (χ1v) is 5.63. The Balaban J connectivity index is 2.66. The van der Waals surface area contributed by atoms with Gasteiger partial charge in [-0.2, -0.15) is 0 Å². The molecule has 0 heterocycles. The maximum absolute atomic E-state index is 10.6. The summed E-state index contributed by atoms with van der Waals surface area (Å²) in [6, 6.07) is 7.11. The van der Waals surface area contributed by atoms with Crippen molar-refractivity contribution in [2.75, 3.05) is 5.75 Å². The highest BCUT2D eigenvalue weighted by Crippen LogP contribution is 2.29. The van der Waals surface area contributed by atoms with E-state index < -0.39 is 11.6 Å². The fourth-order valence-corrected chi connectivity index (χ4v) is 2.08. The number of benzene rings is 1. The van der Waals surface area contributed by atoms with Crippen LogP contribution in [0.2, 0.25) is 5.02 Å². The second kappa shape index (κ2) is 4.88. The summed E-state index contributed by atoms with van der Waals surface area (Å²) < 4.78 is 0. The van der Waals surface area contributed by atoms with Crippen molar-refractivity contribution in [1.82, 2.24) is 0 Å². The first-order valence-electron chi connectivity index (χ1n) is 4.26. The molecule has 5 heteroatoms. The average molecular weight is 247 g/mol. The van der Waals surface area contributed by atoms with E-state index in [4.69, 9.17) is 16.7 Å². The number of halogens is 1. The zero-order valence-corrected chi connectivity index (χ0v) is 9.68. The molecule has 0 saturated heterocycles. The lowest BCUT2D eigenvalue weighted by Crippen LogP contribution is -2.37. The minimum Gasteiger partial charge on any atom is -0.479 e. The summed E-state index contributed by atoms with van der Waals surface area (Å²) in [5, 5.41) is 18.7. The molecule has 0 aromatic heterocycles. The van der Waals surface area contributed by atoms with Crippen LogP contribution >= 0.6 is 23.4 Å². The van der Waals surface area contributed by atoms with Crippen molar-refractivity contribution >= 4 is 29.3 Å². The van der Waals surface area contributed by atoms with Crippen molar-refractivity contribution in [2.45, 2.75) is 17.4 Å².